The molecule has 2 nitrogen and oxygen atoms in total. The second kappa shape index (κ2) is 16.5. The molecule has 71 heavy (non-hydrogen) atoms. The van der Waals surface area contributed by atoms with E-state index in [1.54, 1.807) is 0 Å². The van der Waals surface area contributed by atoms with Crippen LogP contribution in [0.25, 0.3) is 60.9 Å². The lowest BCUT2D eigenvalue weighted by atomic mass is 9.63. The van der Waals surface area contributed by atoms with Crippen molar-refractivity contribution in [2.24, 2.45) is 0 Å². The number of benzene rings is 10. The Balaban J connectivity index is 1.11. The van der Waals surface area contributed by atoms with Gasteiger partial charge in [0.25, 0.3) is 0 Å². The van der Waals surface area contributed by atoms with Crippen molar-refractivity contribution in [1.29, 1.82) is 0 Å². The Morgan fingerprint density at radius 3 is 1.46 bits per heavy atom. The fourth-order valence-electron chi connectivity index (χ4n) is 12.5. The number of hydrogen-bond donors (Lipinski definition) is 0. The number of aromatic nitrogens is 1. The summed E-state index contributed by atoms with van der Waals surface area (Å²) in [6, 6.07) is 90.8. The van der Waals surface area contributed by atoms with Crippen LogP contribution in [0.2, 0.25) is 0 Å². The summed E-state index contributed by atoms with van der Waals surface area (Å²) in [5, 5.41) is 2.51. The molecule has 2 aliphatic rings. The van der Waals surface area contributed by atoms with Crippen LogP contribution in [-0.2, 0) is 16.2 Å². The quantitative estimate of drug-likeness (QED) is 0.147. The van der Waals surface area contributed by atoms with Crippen molar-refractivity contribution in [1.82, 2.24) is 4.57 Å². The summed E-state index contributed by atoms with van der Waals surface area (Å²) in [5.41, 5.74) is 21.8. The van der Waals surface area contributed by atoms with Gasteiger partial charge in [-0.1, -0.05) is 210 Å². The first-order valence-corrected chi connectivity index (χ1v) is 25.3. The third-order valence-corrected chi connectivity index (χ3v) is 16.2. The van der Waals surface area contributed by atoms with E-state index in [9.17, 15) is 0 Å². The van der Waals surface area contributed by atoms with Crippen LogP contribution in [0.3, 0.4) is 0 Å². The average Bonchev–Trinajstić information content (AvgIpc) is 3.91. The number of hydrogen-bond acceptors (Lipinski definition) is 1. The molecule has 0 saturated heterocycles. The molecule has 342 valence electrons. The maximum absolute atomic E-state index is 2.56. The van der Waals surface area contributed by atoms with Gasteiger partial charge in [-0.25, -0.2) is 0 Å². The topological polar surface area (TPSA) is 8.17 Å². The summed E-state index contributed by atoms with van der Waals surface area (Å²) in [7, 11) is 0. The number of rotatable bonds is 8. The molecule has 0 atom stereocenters. The molecule has 0 saturated carbocycles. The Labute approximate surface area is 418 Å². The molecular weight excluding hydrogens is 857 g/mol. The third-order valence-electron chi connectivity index (χ3n) is 16.2. The fraction of sp³-hybridized carbons (Fsp3) is 0.130. The lowest BCUT2D eigenvalue weighted by Crippen LogP contribution is -2.33. The molecule has 11 aromatic rings. The first kappa shape index (κ1) is 42.9. The van der Waals surface area contributed by atoms with Gasteiger partial charge in [-0.15, -0.1) is 0 Å². The standard InChI is InChI=1S/C69H56N2/c1-67(2)42-43-68(3,4)63-44-49(34-41-61(63)67)58-45-59-55-26-14-17-29-60(55)69(50-22-10-6-11-23-50,51-24-12-7-13-25-51)62(59)46-66(58)70(52-35-32-48(33-36-52)47-20-8-5-9-21-47)53-37-39-54(40-38-53)71-64-30-18-15-27-56(64)57-28-16-19-31-65(57)71/h5-41,44-46H,42-43H2,1-4H3. The molecule has 10 aromatic carbocycles. The summed E-state index contributed by atoms with van der Waals surface area (Å²) < 4.78 is 2.41. The number of para-hydroxylation sites is 2. The zero-order chi connectivity index (χ0) is 47.9. The predicted molar refractivity (Wildman–Crippen MR) is 299 cm³/mol. The van der Waals surface area contributed by atoms with Crippen LogP contribution in [0, 0.1) is 0 Å². The highest BCUT2D eigenvalue weighted by Crippen LogP contribution is 2.59. The van der Waals surface area contributed by atoms with Gasteiger partial charge >= 0.3 is 0 Å². The van der Waals surface area contributed by atoms with Crippen LogP contribution < -0.4 is 4.90 Å². The minimum absolute atomic E-state index is 0.0374. The Bertz CT molecular complexity index is 3690. The first-order valence-electron chi connectivity index (χ1n) is 25.3. The molecule has 0 aliphatic heterocycles. The van der Waals surface area contributed by atoms with Gasteiger partial charge in [0.1, 0.15) is 0 Å². The van der Waals surface area contributed by atoms with Crippen LogP contribution in [0.4, 0.5) is 17.1 Å². The zero-order valence-electron chi connectivity index (χ0n) is 40.9. The molecule has 1 heterocycles. The highest BCUT2D eigenvalue weighted by Gasteiger charge is 2.47. The van der Waals surface area contributed by atoms with E-state index < -0.39 is 5.41 Å². The van der Waals surface area contributed by atoms with E-state index in [-0.39, 0.29) is 10.8 Å². The van der Waals surface area contributed by atoms with Gasteiger partial charge < -0.3 is 9.47 Å². The number of nitrogens with zero attached hydrogens (tertiary/aromatic N) is 2. The Hall–Kier alpha value is -8.20. The van der Waals surface area contributed by atoms with Gasteiger partial charge in [0, 0.05) is 33.4 Å². The van der Waals surface area contributed by atoms with Crippen LogP contribution in [0.15, 0.2) is 243 Å². The van der Waals surface area contributed by atoms with Crippen LogP contribution in [0.5, 0.6) is 0 Å². The molecule has 0 N–H and O–H groups in total. The zero-order valence-corrected chi connectivity index (χ0v) is 40.9. The summed E-state index contributed by atoms with van der Waals surface area (Å²) >= 11 is 0. The normalized spacial score (nSPS) is 15.0. The maximum atomic E-state index is 2.56. The highest BCUT2D eigenvalue weighted by atomic mass is 15.1. The second-order valence-electron chi connectivity index (χ2n) is 21.1. The third kappa shape index (κ3) is 6.76. The summed E-state index contributed by atoms with van der Waals surface area (Å²) in [6.07, 6.45) is 2.32. The van der Waals surface area contributed by atoms with Gasteiger partial charge in [-0.05, 0) is 146 Å². The van der Waals surface area contributed by atoms with Crippen LogP contribution in [0.1, 0.15) is 73.9 Å². The van der Waals surface area contributed by atoms with Crippen molar-refractivity contribution in [2.75, 3.05) is 4.90 Å². The predicted octanol–water partition coefficient (Wildman–Crippen LogP) is 18.3. The van der Waals surface area contributed by atoms with Gasteiger partial charge in [0.2, 0.25) is 0 Å². The van der Waals surface area contributed by atoms with E-state index in [1.807, 2.05) is 0 Å². The van der Waals surface area contributed by atoms with E-state index >= 15 is 0 Å². The van der Waals surface area contributed by atoms with E-state index in [4.69, 9.17) is 0 Å². The lowest BCUT2D eigenvalue weighted by molar-refractivity contribution is 0.332. The van der Waals surface area contributed by atoms with Gasteiger partial charge in [-0.2, -0.15) is 0 Å². The Kier molecular flexibility index (Phi) is 9.94. The maximum Gasteiger partial charge on any atom is 0.0714 e. The van der Waals surface area contributed by atoms with Crippen molar-refractivity contribution in [3.05, 3.63) is 276 Å². The molecule has 0 unspecified atom stereocenters. The summed E-state index contributed by atoms with van der Waals surface area (Å²) in [5.74, 6) is 0. The molecule has 13 rings (SSSR count). The van der Waals surface area contributed by atoms with Crippen LogP contribution >= 0.6 is 0 Å². The minimum Gasteiger partial charge on any atom is -0.310 e. The van der Waals surface area contributed by atoms with Crippen molar-refractivity contribution in [2.45, 2.75) is 56.8 Å². The fourth-order valence-corrected chi connectivity index (χ4v) is 12.5. The van der Waals surface area contributed by atoms with Crippen molar-refractivity contribution >= 4 is 38.9 Å². The monoisotopic (exact) mass is 912 g/mol. The molecule has 0 radical (unpaired) electrons. The van der Waals surface area contributed by atoms with Gasteiger partial charge in [-0.3, -0.25) is 0 Å². The van der Waals surface area contributed by atoms with E-state index in [0.29, 0.717) is 0 Å². The molecule has 2 aliphatic carbocycles. The lowest BCUT2D eigenvalue weighted by Gasteiger charge is -2.42. The van der Waals surface area contributed by atoms with Crippen molar-refractivity contribution in [3.63, 3.8) is 0 Å². The molecule has 0 amide bonds. The number of anilines is 3. The molecule has 0 bridgehead atoms. The highest BCUT2D eigenvalue weighted by molar-refractivity contribution is 6.09. The molecule has 0 fully saturated rings. The molecule has 1 aromatic heterocycles. The minimum atomic E-state index is -0.577. The van der Waals surface area contributed by atoms with E-state index in [0.717, 1.165) is 29.2 Å². The summed E-state index contributed by atoms with van der Waals surface area (Å²) in [4.78, 5) is 2.53. The van der Waals surface area contributed by atoms with E-state index in [1.165, 1.54) is 95.0 Å². The second-order valence-corrected chi connectivity index (χ2v) is 21.1. The SMILES string of the molecule is CC1(C)CCC(C)(C)c2cc(-c3cc4c(cc3N(c3ccc(-c5ccccc5)cc3)c3ccc(-n5c6ccccc6c6ccccc65)cc3)C(c3ccccc3)(c3ccccc3)c3ccccc3-4)ccc21. The largest absolute Gasteiger partial charge is 0.310 e. The first-order chi connectivity index (χ1) is 34.7. The van der Waals surface area contributed by atoms with Crippen molar-refractivity contribution < 1.29 is 0 Å². The summed E-state index contributed by atoms with van der Waals surface area (Å²) in [6.45, 7) is 9.74. The Morgan fingerprint density at radius 1 is 0.352 bits per heavy atom. The molecule has 0 spiro atoms. The van der Waals surface area contributed by atoms with Gasteiger partial charge in [0.15, 0.2) is 0 Å². The molecule has 2 heteroatoms. The molecular formula is C69H56N2. The van der Waals surface area contributed by atoms with Crippen LogP contribution in [-0.4, -0.2) is 4.57 Å². The number of fused-ring (bicyclic) bond motifs is 7. The average molecular weight is 913 g/mol. The van der Waals surface area contributed by atoms with Crippen molar-refractivity contribution in [3.8, 4) is 39.1 Å². The van der Waals surface area contributed by atoms with Gasteiger partial charge in [0.05, 0.1) is 22.1 Å². The smallest absolute Gasteiger partial charge is 0.0714 e. The van der Waals surface area contributed by atoms with E-state index in [2.05, 4.69) is 280 Å². The Morgan fingerprint density at radius 2 is 0.845 bits per heavy atom.